The molecular formula is C24H31ClN4O3S2. The Hall–Kier alpha value is -2.04. The minimum atomic E-state index is -3.53. The number of carbonyl (C=O) groups excluding carboxylic acids is 1. The average molecular weight is 523 g/mol. The van der Waals surface area contributed by atoms with E-state index in [1.54, 1.807) is 33.5 Å². The van der Waals surface area contributed by atoms with Gasteiger partial charge >= 0.3 is 0 Å². The molecule has 0 saturated carbocycles. The lowest BCUT2D eigenvalue weighted by Crippen LogP contribution is -2.37. The molecule has 34 heavy (non-hydrogen) atoms. The number of aryl methyl sites for hydroxylation is 1. The number of sulfonamides is 1. The van der Waals surface area contributed by atoms with E-state index < -0.39 is 10.0 Å². The molecule has 7 nitrogen and oxygen atoms in total. The molecule has 184 valence electrons. The Morgan fingerprint density at radius 3 is 2.35 bits per heavy atom. The number of fused-ring (bicyclic) bond motifs is 1. The van der Waals surface area contributed by atoms with Crippen molar-refractivity contribution < 1.29 is 13.2 Å². The van der Waals surface area contributed by atoms with Gasteiger partial charge in [-0.1, -0.05) is 23.8 Å². The lowest BCUT2D eigenvalue weighted by atomic mass is 10.2. The quantitative estimate of drug-likeness (QED) is 0.459. The van der Waals surface area contributed by atoms with Gasteiger partial charge in [-0.25, -0.2) is 13.4 Å². The number of halogens is 1. The summed E-state index contributed by atoms with van der Waals surface area (Å²) in [5.41, 5.74) is 2.46. The van der Waals surface area contributed by atoms with Crippen molar-refractivity contribution >= 4 is 55.0 Å². The van der Waals surface area contributed by atoms with Crippen molar-refractivity contribution in [1.82, 2.24) is 14.2 Å². The molecule has 1 amide bonds. The highest BCUT2D eigenvalue weighted by atomic mass is 35.5. The number of anilines is 1. The summed E-state index contributed by atoms with van der Waals surface area (Å²) < 4.78 is 28.5. The molecule has 0 unspecified atom stereocenters. The standard InChI is InChI=1S/C24H30N4O3S2.ClH/c1-18-7-12-21-22(17-18)32-24(25-21)28(16-15-26(2)3)23(29)19-8-10-20(11-9-19)33(30,31)27-13-5-4-6-14-27;/h7-12,17H,4-6,13-16H2,1-3H3;1H. The molecular weight excluding hydrogens is 492 g/mol. The number of hydrogen-bond acceptors (Lipinski definition) is 6. The smallest absolute Gasteiger partial charge is 0.260 e. The third-order valence-corrected chi connectivity index (χ3v) is 8.79. The van der Waals surface area contributed by atoms with Crippen molar-refractivity contribution in [2.75, 3.05) is 45.2 Å². The summed E-state index contributed by atoms with van der Waals surface area (Å²) in [6.07, 6.45) is 2.84. The second-order valence-corrected chi connectivity index (χ2v) is 11.7. The van der Waals surface area contributed by atoms with Crippen molar-refractivity contribution in [3.8, 4) is 0 Å². The van der Waals surface area contributed by atoms with Crippen molar-refractivity contribution in [3.63, 3.8) is 0 Å². The Balaban J connectivity index is 0.00000324. The zero-order chi connectivity index (χ0) is 23.6. The number of hydrogen-bond donors (Lipinski definition) is 0. The molecule has 2 heterocycles. The normalized spacial score (nSPS) is 14.8. The highest BCUT2D eigenvalue weighted by Gasteiger charge is 2.27. The van der Waals surface area contributed by atoms with Gasteiger partial charge in [-0.2, -0.15) is 4.31 Å². The summed E-state index contributed by atoms with van der Waals surface area (Å²) in [4.78, 5) is 22.1. The summed E-state index contributed by atoms with van der Waals surface area (Å²) in [6, 6.07) is 12.4. The van der Waals surface area contributed by atoms with Gasteiger partial charge in [0.05, 0.1) is 15.1 Å². The van der Waals surface area contributed by atoms with Gasteiger partial charge in [0.2, 0.25) is 10.0 Å². The Bertz CT molecular complexity index is 1240. The molecule has 1 aromatic heterocycles. The molecule has 10 heteroatoms. The lowest BCUT2D eigenvalue weighted by Gasteiger charge is -2.26. The van der Waals surface area contributed by atoms with Crippen molar-refractivity contribution in [3.05, 3.63) is 53.6 Å². The van der Waals surface area contributed by atoms with E-state index in [0.717, 1.165) is 35.0 Å². The van der Waals surface area contributed by atoms with E-state index in [4.69, 9.17) is 4.98 Å². The zero-order valence-electron chi connectivity index (χ0n) is 19.7. The SMILES string of the molecule is Cc1ccc2nc(N(CCN(C)C)C(=O)c3ccc(S(=O)(=O)N4CCCCC4)cc3)sc2c1.Cl. The number of benzene rings is 2. The predicted octanol–water partition coefficient (Wildman–Crippen LogP) is 4.41. The predicted molar refractivity (Wildman–Crippen MR) is 141 cm³/mol. The molecule has 0 atom stereocenters. The molecule has 0 N–H and O–H groups in total. The van der Waals surface area contributed by atoms with Gasteiger partial charge in [0.25, 0.3) is 5.91 Å². The highest BCUT2D eigenvalue weighted by molar-refractivity contribution is 7.89. The van der Waals surface area contributed by atoms with Crippen LogP contribution >= 0.6 is 23.7 Å². The first-order valence-corrected chi connectivity index (χ1v) is 13.5. The number of likely N-dealkylation sites (N-methyl/N-ethyl adjacent to an activating group) is 1. The van der Waals surface area contributed by atoms with Crippen LogP contribution in [0, 0.1) is 6.92 Å². The summed E-state index contributed by atoms with van der Waals surface area (Å²) >= 11 is 1.49. The molecule has 1 fully saturated rings. The van der Waals surface area contributed by atoms with Gasteiger partial charge in [-0.3, -0.25) is 9.69 Å². The van der Waals surface area contributed by atoms with Gasteiger partial charge in [0.1, 0.15) is 0 Å². The summed E-state index contributed by atoms with van der Waals surface area (Å²) in [7, 11) is 0.398. The molecule has 0 aliphatic carbocycles. The van der Waals surface area contributed by atoms with Gasteiger partial charge in [0, 0.05) is 31.7 Å². The molecule has 0 bridgehead atoms. The second-order valence-electron chi connectivity index (χ2n) is 8.72. The lowest BCUT2D eigenvalue weighted by molar-refractivity contribution is 0.0985. The first-order chi connectivity index (χ1) is 15.8. The van der Waals surface area contributed by atoms with E-state index in [1.807, 2.05) is 38.1 Å². The minimum absolute atomic E-state index is 0. The first kappa shape index (κ1) is 26.6. The van der Waals surface area contributed by atoms with Crippen LogP contribution in [0.1, 0.15) is 35.2 Å². The van der Waals surface area contributed by atoms with Crippen molar-refractivity contribution in [2.24, 2.45) is 0 Å². The number of rotatable bonds is 7. The monoisotopic (exact) mass is 522 g/mol. The fourth-order valence-electron chi connectivity index (χ4n) is 3.90. The van der Waals surface area contributed by atoms with Crippen LogP contribution in [0.2, 0.25) is 0 Å². The Morgan fingerprint density at radius 2 is 1.71 bits per heavy atom. The maximum absolute atomic E-state index is 13.5. The Labute approximate surface area is 211 Å². The van der Waals surface area contributed by atoms with Crippen LogP contribution in [0.15, 0.2) is 47.4 Å². The van der Waals surface area contributed by atoms with Crippen molar-refractivity contribution in [1.29, 1.82) is 0 Å². The van der Waals surface area contributed by atoms with E-state index in [0.29, 0.717) is 36.9 Å². The van der Waals surface area contributed by atoms with Crippen LogP contribution in [0.4, 0.5) is 5.13 Å². The number of nitrogens with zero attached hydrogens (tertiary/aromatic N) is 4. The third-order valence-electron chi connectivity index (χ3n) is 5.83. The molecule has 1 aliphatic rings. The number of thiazole rings is 1. The summed E-state index contributed by atoms with van der Waals surface area (Å²) in [5.74, 6) is -0.186. The van der Waals surface area contributed by atoms with E-state index in [1.165, 1.54) is 11.3 Å². The zero-order valence-corrected chi connectivity index (χ0v) is 22.2. The van der Waals surface area contributed by atoms with Crippen LogP contribution in [0.5, 0.6) is 0 Å². The summed E-state index contributed by atoms with van der Waals surface area (Å²) in [6.45, 7) is 4.31. The van der Waals surface area contributed by atoms with Crippen LogP contribution in [0.3, 0.4) is 0 Å². The number of carbonyl (C=O) groups is 1. The van der Waals surface area contributed by atoms with Gasteiger partial charge in [-0.15, -0.1) is 12.4 Å². The molecule has 0 spiro atoms. The minimum Gasteiger partial charge on any atom is -0.308 e. The van der Waals surface area contributed by atoms with Crippen LogP contribution in [-0.4, -0.2) is 68.8 Å². The second kappa shape index (κ2) is 11.1. The molecule has 4 rings (SSSR count). The maximum atomic E-state index is 13.5. The van der Waals surface area contributed by atoms with Crippen LogP contribution in [-0.2, 0) is 10.0 Å². The van der Waals surface area contributed by atoms with Gasteiger partial charge < -0.3 is 4.90 Å². The summed E-state index contributed by atoms with van der Waals surface area (Å²) in [5, 5.41) is 0.646. The topological polar surface area (TPSA) is 73.8 Å². The van der Waals surface area contributed by atoms with E-state index in [2.05, 4.69) is 6.07 Å². The van der Waals surface area contributed by atoms with E-state index >= 15 is 0 Å². The van der Waals surface area contributed by atoms with Crippen LogP contribution < -0.4 is 4.90 Å². The maximum Gasteiger partial charge on any atom is 0.260 e. The first-order valence-electron chi connectivity index (χ1n) is 11.2. The Kier molecular flexibility index (Phi) is 8.70. The highest BCUT2D eigenvalue weighted by Crippen LogP contribution is 2.30. The largest absolute Gasteiger partial charge is 0.308 e. The molecule has 1 aliphatic heterocycles. The molecule has 3 aromatic rings. The third kappa shape index (κ3) is 5.78. The average Bonchev–Trinajstić information content (AvgIpc) is 3.22. The van der Waals surface area contributed by atoms with Crippen molar-refractivity contribution in [2.45, 2.75) is 31.1 Å². The van der Waals surface area contributed by atoms with E-state index in [9.17, 15) is 13.2 Å². The number of piperidine rings is 1. The van der Waals surface area contributed by atoms with Gasteiger partial charge in [0.15, 0.2) is 5.13 Å². The molecule has 2 aromatic carbocycles. The van der Waals surface area contributed by atoms with Crippen LogP contribution in [0.25, 0.3) is 10.2 Å². The number of aromatic nitrogens is 1. The van der Waals surface area contributed by atoms with Gasteiger partial charge in [-0.05, 0) is 75.8 Å². The number of amides is 1. The fraction of sp³-hybridized carbons (Fsp3) is 0.417. The molecule has 0 radical (unpaired) electrons. The fourth-order valence-corrected chi connectivity index (χ4v) is 6.50. The Morgan fingerprint density at radius 1 is 1.03 bits per heavy atom. The van der Waals surface area contributed by atoms with E-state index in [-0.39, 0.29) is 23.2 Å². The molecule has 1 saturated heterocycles.